The van der Waals surface area contributed by atoms with Crippen LogP contribution in [-0.4, -0.2) is 28.1 Å². The number of hydrogen-bond donors (Lipinski definition) is 2. The zero-order valence-electron chi connectivity index (χ0n) is 5.70. The van der Waals surface area contributed by atoms with Gasteiger partial charge < -0.3 is 10.2 Å². The Morgan fingerprint density at radius 2 is 2.00 bits per heavy atom. The van der Waals surface area contributed by atoms with Gasteiger partial charge in [-0.2, -0.15) is 0 Å². The fourth-order valence-corrected chi connectivity index (χ4v) is 0.570. The van der Waals surface area contributed by atoms with E-state index in [2.05, 4.69) is 0 Å². The molecule has 0 aromatic rings. The zero-order chi connectivity index (χ0) is 8.15. The number of rotatable bonds is 4. The first-order valence-electron chi connectivity index (χ1n) is 2.94. The monoisotopic (exact) mass is 146 g/mol. The molecule has 0 saturated carbocycles. The largest absolute Gasteiger partial charge is 0.481 e. The van der Waals surface area contributed by atoms with E-state index >= 15 is 0 Å². The highest BCUT2D eigenvalue weighted by molar-refractivity contribution is 5.94. The normalized spacial score (nSPS) is 12.6. The molecule has 0 saturated heterocycles. The molecule has 0 amide bonds. The topological polar surface area (TPSA) is 74.6 Å². The summed E-state index contributed by atoms with van der Waals surface area (Å²) in [6.45, 7) is 1.44. The summed E-state index contributed by atoms with van der Waals surface area (Å²) < 4.78 is 0. The Kier molecular flexibility index (Phi) is 3.64. The van der Waals surface area contributed by atoms with Crippen molar-refractivity contribution >= 4 is 11.8 Å². The molecule has 0 heterocycles. The lowest BCUT2D eigenvalue weighted by atomic mass is 10.1. The summed E-state index contributed by atoms with van der Waals surface area (Å²) in [5, 5.41) is 16.7. The highest BCUT2D eigenvalue weighted by atomic mass is 16.4. The average molecular weight is 146 g/mol. The summed E-state index contributed by atoms with van der Waals surface area (Å²) >= 11 is 0. The van der Waals surface area contributed by atoms with Crippen LogP contribution in [0, 0.1) is 0 Å². The van der Waals surface area contributed by atoms with Crippen molar-refractivity contribution in [2.75, 3.05) is 0 Å². The van der Waals surface area contributed by atoms with E-state index in [1.807, 2.05) is 0 Å². The number of aliphatic hydroxyl groups excluding tert-OH is 1. The number of aliphatic hydroxyl groups is 1. The highest BCUT2D eigenvalue weighted by Crippen LogP contribution is 1.94. The lowest BCUT2D eigenvalue weighted by molar-refractivity contribution is -0.140. The Bertz CT molecular complexity index is 139. The lowest BCUT2D eigenvalue weighted by Crippen LogP contribution is -2.12. The zero-order valence-corrected chi connectivity index (χ0v) is 5.70. The second-order valence-corrected chi connectivity index (χ2v) is 2.16. The van der Waals surface area contributed by atoms with Crippen LogP contribution < -0.4 is 0 Å². The molecule has 0 spiro atoms. The van der Waals surface area contributed by atoms with Crippen molar-refractivity contribution in [1.82, 2.24) is 0 Å². The molecule has 0 aliphatic carbocycles. The first-order chi connectivity index (χ1) is 4.52. The molecule has 0 unspecified atom stereocenters. The van der Waals surface area contributed by atoms with Crippen molar-refractivity contribution < 1.29 is 19.8 Å². The predicted octanol–water partition coefficient (Wildman–Crippen LogP) is -0.199. The number of carbonyl (C=O) groups is 2. The Hall–Kier alpha value is -0.900. The molecule has 58 valence electrons. The van der Waals surface area contributed by atoms with Gasteiger partial charge in [0.1, 0.15) is 12.2 Å². The summed E-state index contributed by atoms with van der Waals surface area (Å²) in [4.78, 5) is 20.4. The van der Waals surface area contributed by atoms with Crippen molar-refractivity contribution in [3.05, 3.63) is 0 Å². The summed E-state index contributed by atoms with van der Waals surface area (Å²) in [5.41, 5.74) is 0. The summed E-state index contributed by atoms with van der Waals surface area (Å²) in [5.74, 6) is -1.59. The van der Waals surface area contributed by atoms with Gasteiger partial charge in [0.05, 0.1) is 6.10 Å². The molecular formula is C6H10O4. The van der Waals surface area contributed by atoms with Crippen LogP contribution in [0.5, 0.6) is 0 Å². The van der Waals surface area contributed by atoms with Crippen molar-refractivity contribution in [1.29, 1.82) is 0 Å². The number of carboxylic acids is 1. The van der Waals surface area contributed by atoms with Crippen LogP contribution in [0.4, 0.5) is 0 Å². The second-order valence-electron chi connectivity index (χ2n) is 2.16. The molecule has 0 rings (SSSR count). The molecule has 0 fully saturated rings. The van der Waals surface area contributed by atoms with Gasteiger partial charge in [-0.25, -0.2) is 0 Å². The van der Waals surface area contributed by atoms with Crippen LogP contribution in [0.3, 0.4) is 0 Å². The van der Waals surface area contributed by atoms with Crippen LogP contribution in [0.1, 0.15) is 19.8 Å². The maximum Gasteiger partial charge on any atom is 0.310 e. The minimum Gasteiger partial charge on any atom is -0.481 e. The van der Waals surface area contributed by atoms with Gasteiger partial charge in [0.15, 0.2) is 0 Å². The third-order valence-electron chi connectivity index (χ3n) is 0.871. The van der Waals surface area contributed by atoms with Gasteiger partial charge >= 0.3 is 5.97 Å². The second kappa shape index (κ2) is 4.00. The maximum atomic E-state index is 10.5. The first-order valence-corrected chi connectivity index (χ1v) is 2.94. The minimum atomic E-state index is -1.15. The Morgan fingerprint density at radius 1 is 1.50 bits per heavy atom. The standard InChI is InChI=1S/C6H10O4/c1-4(7)2-5(8)3-6(9)10/h4,7H,2-3H2,1H3,(H,9,10)/t4-/m0/s1. The van der Waals surface area contributed by atoms with Crippen LogP contribution in [0.2, 0.25) is 0 Å². The number of carboxylic acid groups (broad SMARTS) is 1. The van der Waals surface area contributed by atoms with Gasteiger partial charge in [0.2, 0.25) is 0 Å². The number of aliphatic carboxylic acids is 1. The average Bonchev–Trinajstić information content (AvgIpc) is 1.58. The number of carbonyl (C=O) groups excluding carboxylic acids is 1. The van der Waals surface area contributed by atoms with Gasteiger partial charge in [-0.05, 0) is 6.92 Å². The maximum absolute atomic E-state index is 10.5. The van der Waals surface area contributed by atoms with Crippen molar-refractivity contribution in [2.24, 2.45) is 0 Å². The molecule has 0 aliphatic rings. The lowest BCUT2D eigenvalue weighted by Gasteiger charge is -1.99. The van der Waals surface area contributed by atoms with E-state index in [9.17, 15) is 9.59 Å². The van der Waals surface area contributed by atoms with Crippen molar-refractivity contribution in [2.45, 2.75) is 25.9 Å². The molecule has 2 N–H and O–H groups in total. The van der Waals surface area contributed by atoms with E-state index in [1.54, 1.807) is 0 Å². The third-order valence-corrected chi connectivity index (χ3v) is 0.871. The highest BCUT2D eigenvalue weighted by Gasteiger charge is 2.09. The fourth-order valence-electron chi connectivity index (χ4n) is 0.570. The van der Waals surface area contributed by atoms with E-state index < -0.39 is 24.3 Å². The number of Topliss-reactive ketones (excluding diaryl/α,β-unsaturated/α-hetero) is 1. The predicted molar refractivity (Wildman–Crippen MR) is 33.6 cm³/mol. The molecule has 0 radical (unpaired) electrons. The molecule has 4 nitrogen and oxygen atoms in total. The first kappa shape index (κ1) is 9.10. The summed E-state index contributed by atoms with van der Waals surface area (Å²) in [6, 6.07) is 0. The van der Waals surface area contributed by atoms with Crippen LogP contribution >= 0.6 is 0 Å². The molecule has 0 aliphatic heterocycles. The van der Waals surface area contributed by atoms with Gasteiger partial charge in [-0.1, -0.05) is 0 Å². The van der Waals surface area contributed by atoms with Gasteiger partial charge in [-0.15, -0.1) is 0 Å². The Balaban J connectivity index is 3.54. The Labute approximate surface area is 58.5 Å². The molecule has 10 heavy (non-hydrogen) atoms. The van der Waals surface area contributed by atoms with E-state index in [4.69, 9.17) is 10.2 Å². The van der Waals surface area contributed by atoms with Crippen molar-refractivity contribution in [3.8, 4) is 0 Å². The van der Waals surface area contributed by atoms with E-state index in [0.29, 0.717) is 0 Å². The quantitative estimate of drug-likeness (QED) is 0.538. The smallest absolute Gasteiger partial charge is 0.310 e. The van der Waals surface area contributed by atoms with E-state index in [-0.39, 0.29) is 6.42 Å². The minimum absolute atomic E-state index is 0.0771. The molecule has 4 heteroatoms. The molecule has 0 aromatic heterocycles. The van der Waals surface area contributed by atoms with Crippen LogP contribution in [-0.2, 0) is 9.59 Å². The SMILES string of the molecule is C[C@H](O)CC(=O)CC(=O)O. The third kappa shape index (κ3) is 5.24. The summed E-state index contributed by atoms with van der Waals surface area (Å²) in [7, 11) is 0. The fraction of sp³-hybridized carbons (Fsp3) is 0.667. The number of ketones is 1. The van der Waals surface area contributed by atoms with Gasteiger partial charge in [0.25, 0.3) is 0 Å². The van der Waals surface area contributed by atoms with E-state index in [1.165, 1.54) is 6.92 Å². The van der Waals surface area contributed by atoms with E-state index in [0.717, 1.165) is 0 Å². The number of hydrogen-bond acceptors (Lipinski definition) is 3. The van der Waals surface area contributed by atoms with Gasteiger partial charge in [0, 0.05) is 6.42 Å². The van der Waals surface area contributed by atoms with Crippen molar-refractivity contribution in [3.63, 3.8) is 0 Å². The Morgan fingerprint density at radius 3 is 2.30 bits per heavy atom. The molecule has 1 atom stereocenters. The summed E-state index contributed by atoms with van der Waals surface area (Å²) in [6.07, 6.45) is -1.32. The van der Waals surface area contributed by atoms with Crippen LogP contribution in [0.15, 0.2) is 0 Å². The molecular weight excluding hydrogens is 136 g/mol. The molecule has 0 bridgehead atoms. The molecule has 0 aromatic carbocycles. The van der Waals surface area contributed by atoms with Crippen LogP contribution in [0.25, 0.3) is 0 Å². The van der Waals surface area contributed by atoms with Gasteiger partial charge in [-0.3, -0.25) is 9.59 Å².